The fourth-order valence-electron chi connectivity index (χ4n) is 2.53. The van der Waals surface area contributed by atoms with Crippen LogP contribution in [0.4, 0.5) is 5.82 Å². The molecular weight excluding hydrogens is 276 g/mol. The summed E-state index contributed by atoms with van der Waals surface area (Å²) >= 11 is 0. The normalized spacial score (nSPS) is 12.7. The zero-order valence-corrected chi connectivity index (χ0v) is 13.1. The van der Waals surface area contributed by atoms with Gasteiger partial charge in [-0.25, -0.2) is 4.98 Å². The summed E-state index contributed by atoms with van der Waals surface area (Å²) in [6.45, 7) is 2.73. The van der Waals surface area contributed by atoms with Crippen LogP contribution in [-0.4, -0.2) is 45.1 Å². The lowest BCUT2D eigenvalue weighted by atomic mass is 10.1. The van der Waals surface area contributed by atoms with Crippen molar-refractivity contribution in [3.05, 3.63) is 54.0 Å². The van der Waals surface area contributed by atoms with Crippen LogP contribution in [0.2, 0.25) is 0 Å². The van der Waals surface area contributed by atoms with Gasteiger partial charge >= 0.3 is 0 Å². The van der Waals surface area contributed by atoms with Crippen LogP contribution in [0.3, 0.4) is 0 Å². The second-order valence-corrected chi connectivity index (χ2v) is 5.53. The van der Waals surface area contributed by atoms with Crippen LogP contribution in [0.15, 0.2) is 42.7 Å². The molecule has 0 saturated carbocycles. The second kappa shape index (κ2) is 6.11. The standard InChI is InChI=1S/C16H20N6/c1-12-9-15(22-16(20-12)18-11-19-22)17-10-14(21(2)3)13-7-5-4-6-8-13/h4-9,11,14,17H,10H2,1-3H3. The highest BCUT2D eigenvalue weighted by molar-refractivity contribution is 5.45. The average molecular weight is 296 g/mol. The number of hydrogen-bond donors (Lipinski definition) is 1. The number of anilines is 1. The van der Waals surface area contributed by atoms with E-state index in [1.807, 2.05) is 19.1 Å². The van der Waals surface area contributed by atoms with Crippen LogP contribution < -0.4 is 5.32 Å². The number of nitrogens with one attached hydrogen (secondary N) is 1. The van der Waals surface area contributed by atoms with Crippen molar-refractivity contribution in [2.75, 3.05) is 26.0 Å². The molecule has 2 heterocycles. The lowest BCUT2D eigenvalue weighted by Gasteiger charge is -2.25. The molecule has 6 nitrogen and oxygen atoms in total. The number of rotatable bonds is 5. The van der Waals surface area contributed by atoms with E-state index in [-0.39, 0.29) is 6.04 Å². The zero-order chi connectivity index (χ0) is 15.5. The van der Waals surface area contributed by atoms with Crippen LogP contribution in [0, 0.1) is 6.92 Å². The third-order valence-electron chi connectivity index (χ3n) is 3.66. The first-order chi connectivity index (χ1) is 10.6. The van der Waals surface area contributed by atoms with Gasteiger partial charge in [-0.05, 0) is 26.6 Å². The molecule has 0 fully saturated rings. The van der Waals surface area contributed by atoms with E-state index in [0.717, 1.165) is 18.1 Å². The first-order valence-corrected chi connectivity index (χ1v) is 7.28. The molecule has 0 spiro atoms. The van der Waals surface area contributed by atoms with Gasteiger partial charge in [0.15, 0.2) is 0 Å². The Hall–Kier alpha value is -2.47. The number of likely N-dealkylation sites (N-methyl/N-ethyl adjacent to an activating group) is 1. The largest absolute Gasteiger partial charge is 0.368 e. The molecule has 0 saturated heterocycles. The van der Waals surface area contributed by atoms with Crippen LogP contribution >= 0.6 is 0 Å². The van der Waals surface area contributed by atoms with Gasteiger partial charge in [0, 0.05) is 18.3 Å². The second-order valence-electron chi connectivity index (χ2n) is 5.53. The molecule has 114 valence electrons. The highest BCUT2D eigenvalue weighted by Gasteiger charge is 2.14. The van der Waals surface area contributed by atoms with Crippen molar-refractivity contribution >= 4 is 11.6 Å². The van der Waals surface area contributed by atoms with Gasteiger partial charge in [0.05, 0.1) is 6.04 Å². The predicted molar refractivity (Wildman–Crippen MR) is 86.9 cm³/mol. The van der Waals surface area contributed by atoms with E-state index in [2.05, 4.69) is 63.6 Å². The summed E-state index contributed by atoms with van der Waals surface area (Å²) < 4.78 is 1.73. The van der Waals surface area contributed by atoms with E-state index in [4.69, 9.17) is 0 Å². The molecular formula is C16H20N6. The highest BCUT2D eigenvalue weighted by atomic mass is 15.4. The number of benzene rings is 1. The number of nitrogens with zero attached hydrogens (tertiary/aromatic N) is 5. The molecule has 22 heavy (non-hydrogen) atoms. The molecule has 0 aliphatic carbocycles. The molecule has 1 aromatic carbocycles. The Morgan fingerprint density at radius 1 is 1.23 bits per heavy atom. The van der Waals surface area contributed by atoms with Gasteiger partial charge in [0.25, 0.3) is 5.78 Å². The van der Waals surface area contributed by atoms with Gasteiger partial charge in [-0.1, -0.05) is 30.3 Å². The van der Waals surface area contributed by atoms with Crippen molar-refractivity contribution in [1.29, 1.82) is 0 Å². The molecule has 0 bridgehead atoms. The minimum Gasteiger partial charge on any atom is -0.368 e. The molecule has 0 radical (unpaired) electrons. The van der Waals surface area contributed by atoms with Crippen molar-refractivity contribution in [3.63, 3.8) is 0 Å². The van der Waals surface area contributed by atoms with Gasteiger partial charge in [-0.3, -0.25) is 0 Å². The summed E-state index contributed by atoms with van der Waals surface area (Å²) in [5.41, 5.74) is 2.20. The quantitative estimate of drug-likeness (QED) is 0.782. The summed E-state index contributed by atoms with van der Waals surface area (Å²) in [4.78, 5) is 10.7. The monoisotopic (exact) mass is 296 g/mol. The van der Waals surface area contributed by atoms with E-state index < -0.39 is 0 Å². The molecule has 6 heteroatoms. The first kappa shape index (κ1) is 14.5. The maximum atomic E-state index is 4.36. The Labute approximate surface area is 129 Å². The highest BCUT2D eigenvalue weighted by Crippen LogP contribution is 2.19. The minimum absolute atomic E-state index is 0.272. The minimum atomic E-state index is 0.272. The summed E-state index contributed by atoms with van der Waals surface area (Å²) in [5, 5.41) is 7.70. The lowest BCUT2D eigenvalue weighted by molar-refractivity contribution is 0.311. The molecule has 0 aliphatic rings. The van der Waals surface area contributed by atoms with Crippen LogP contribution in [0.1, 0.15) is 17.3 Å². The molecule has 0 amide bonds. The Bertz CT molecular complexity index is 750. The van der Waals surface area contributed by atoms with Gasteiger partial charge in [-0.15, -0.1) is 0 Å². The lowest BCUT2D eigenvalue weighted by Crippen LogP contribution is -2.27. The van der Waals surface area contributed by atoms with Crippen molar-refractivity contribution in [2.45, 2.75) is 13.0 Å². The van der Waals surface area contributed by atoms with Crippen molar-refractivity contribution < 1.29 is 0 Å². The molecule has 2 aromatic heterocycles. The topological polar surface area (TPSA) is 58.4 Å². The molecule has 3 aromatic rings. The molecule has 1 N–H and O–H groups in total. The van der Waals surface area contributed by atoms with Crippen LogP contribution in [0.25, 0.3) is 5.78 Å². The van der Waals surface area contributed by atoms with Crippen molar-refractivity contribution in [2.24, 2.45) is 0 Å². The molecule has 1 unspecified atom stereocenters. The maximum Gasteiger partial charge on any atom is 0.254 e. The van der Waals surface area contributed by atoms with E-state index in [9.17, 15) is 0 Å². The fraction of sp³-hybridized carbons (Fsp3) is 0.312. The number of hydrogen-bond acceptors (Lipinski definition) is 5. The van der Waals surface area contributed by atoms with E-state index >= 15 is 0 Å². The summed E-state index contributed by atoms with van der Waals surface area (Å²) in [6, 6.07) is 12.7. The molecule has 0 aliphatic heterocycles. The Morgan fingerprint density at radius 2 is 2.00 bits per heavy atom. The Kier molecular flexibility index (Phi) is 4.02. The Morgan fingerprint density at radius 3 is 2.73 bits per heavy atom. The predicted octanol–water partition coefficient (Wildman–Crippen LogP) is 2.15. The Balaban J connectivity index is 1.84. The average Bonchev–Trinajstić information content (AvgIpc) is 2.96. The smallest absolute Gasteiger partial charge is 0.254 e. The third-order valence-corrected chi connectivity index (χ3v) is 3.66. The fourth-order valence-corrected chi connectivity index (χ4v) is 2.53. The number of aryl methyl sites for hydroxylation is 1. The summed E-state index contributed by atoms with van der Waals surface area (Å²) in [6.07, 6.45) is 1.52. The number of aromatic nitrogens is 4. The van der Waals surface area contributed by atoms with Gasteiger partial charge in [0.1, 0.15) is 12.1 Å². The molecule has 1 atom stereocenters. The summed E-state index contributed by atoms with van der Waals surface area (Å²) in [7, 11) is 4.17. The summed E-state index contributed by atoms with van der Waals surface area (Å²) in [5.74, 6) is 1.52. The molecule has 3 rings (SSSR count). The van der Waals surface area contributed by atoms with Crippen molar-refractivity contribution in [1.82, 2.24) is 24.5 Å². The van der Waals surface area contributed by atoms with Crippen molar-refractivity contribution in [3.8, 4) is 0 Å². The van der Waals surface area contributed by atoms with Gasteiger partial charge < -0.3 is 10.2 Å². The maximum absolute atomic E-state index is 4.36. The SMILES string of the molecule is Cc1cc(NCC(c2ccccc2)N(C)C)n2ncnc2n1. The third kappa shape index (κ3) is 2.92. The van der Waals surface area contributed by atoms with E-state index in [1.165, 1.54) is 11.9 Å². The number of fused-ring (bicyclic) bond motifs is 1. The van der Waals surface area contributed by atoms with Gasteiger partial charge in [-0.2, -0.15) is 14.6 Å². The van der Waals surface area contributed by atoms with Gasteiger partial charge in [0.2, 0.25) is 0 Å². The van der Waals surface area contributed by atoms with E-state index in [1.54, 1.807) is 4.52 Å². The first-order valence-electron chi connectivity index (χ1n) is 7.28. The van der Waals surface area contributed by atoms with Crippen LogP contribution in [-0.2, 0) is 0 Å². The zero-order valence-electron chi connectivity index (χ0n) is 13.1. The van der Waals surface area contributed by atoms with E-state index in [0.29, 0.717) is 5.78 Å². The van der Waals surface area contributed by atoms with Crippen LogP contribution in [0.5, 0.6) is 0 Å².